The standard InChI is InChI=1S/C20H16N2O5S/c1-26-19-5-3-2-4-18(19)22-17-8-7-16(12-14(17)6-9-20(22)23)28(24,25)13-15-10-11-27-21-15/h2-12H,13H2,1H3. The van der Waals surface area contributed by atoms with Gasteiger partial charge in [-0.1, -0.05) is 17.3 Å². The monoisotopic (exact) mass is 396 g/mol. The van der Waals surface area contributed by atoms with Crippen LogP contribution in [0.25, 0.3) is 16.6 Å². The molecule has 7 nitrogen and oxygen atoms in total. The summed E-state index contributed by atoms with van der Waals surface area (Å²) < 4.78 is 37.0. The third kappa shape index (κ3) is 3.18. The van der Waals surface area contributed by atoms with E-state index in [4.69, 9.17) is 9.26 Å². The van der Waals surface area contributed by atoms with E-state index >= 15 is 0 Å². The molecule has 0 saturated heterocycles. The Morgan fingerprint density at radius 1 is 1.07 bits per heavy atom. The van der Waals surface area contributed by atoms with E-state index in [0.29, 0.717) is 28.0 Å². The van der Waals surface area contributed by atoms with E-state index in [0.717, 1.165) is 0 Å². The molecule has 0 fully saturated rings. The lowest BCUT2D eigenvalue weighted by Crippen LogP contribution is -2.18. The van der Waals surface area contributed by atoms with Gasteiger partial charge in [0.15, 0.2) is 9.84 Å². The Balaban J connectivity index is 1.87. The summed E-state index contributed by atoms with van der Waals surface area (Å²) in [6, 6.07) is 16.3. The minimum absolute atomic E-state index is 0.147. The first-order valence-corrected chi connectivity index (χ1v) is 10.1. The fourth-order valence-corrected chi connectivity index (χ4v) is 4.36. The number of methoxy groups -OCH3 is 1. The molecule has 4 aromatic rings. The smallest absolute Gasteiger partial charge is 0.255 e. The van der Waals surface area contributed by atoms with Crippen molar-refractivity contribution in [1.29, 1.82) is 0 Å². The topological polar surface area (TPSA) is 91.4 Å². The molecule has 28 heavy (non-hydrogen) atoms. The Morgan fingerprint density at radius 2 is 1.89 bits per heavy atom. The minimum Gasteiger partial charge on any atom is -0.495 e. The molecule has 0 aliphatic rings. The SMILES string of the molecule is COc1ccccc1-n1c(=O)ccc2cc(S(=O)(=O)Cc3ccon3)ccc21. The molecule has 4 rings (SSSR count). The quantitative estimate of drug-likeness (QED) is 0.515. The third-order valence-corrected chi connectivity index (χ3v) is 6.03. The van der Waals surface area contributed by atoms with Crippen LogP contribution in [0.3, 0.4) is 0 Å². The van der Waals surface area contributed by atoms with Crippen molar-refractivity contribution in [2.45, 2.75) is 10.6 Å². The molecule has 0 aliphatic heterocycles. The van der Waals surface area contributed by atoms with Gasteiger partial charge in [0.25, 0.3) is 5.56 Å². The van der Waals surface area contributed by atoms with Crippen LogP contribution in [0.2, 0.25) is 0 Å². The maximum absolute atomic E-state index is 12.7. The number of fused-ring (bicyclic) bond motifs is 1. The van der Waals surface area contributed by atoms with E-state index in [9.17, 15) is 13.2 Å². The molecule has 0 aliphatic carbocycles. The second-order valence-corrected chi connectivity index (χ2v) is 8.14. The predicted octanol–water partition coefficient (Wildman–Crippen LogP) is 2.96. The number of ether oxygens (including phenoxy) is 1. The van der Waals surface area contributed by atoms with E-state index in [-0.39, 0.29) is 16.2 Å². The molecule has 0 bridgehead atoms. The molecular formula is C20H16N2O5S. The fraction of sp³-hybridized carbons (Fsp3) is 0.100. The van der Waals surface area contributed by atoms with Gasteiger partial charge in [-0.25, -0.2) is 8.42 Å². The number of hydrogen-bond acceptors (Lipinski definition) is 6. The van der Waals surface area contributed by atoms with Gasteiger partial charge in [0.05, 0.1) is 28.9 Å². The maximum Gasteiger partial charge on any atom is 0.255 e. The van der Waals surface area contributed by atoms with E-state index in [1.54, 1.807) is 36.4 Å². The summed E-state index contributed by atoms with van der Waals surface area (Å²) in [5.74, 6) is 0.279. The van der Waals surface area contributed by atoms with Crippen molar-refractivity contribution >= 4 is 20.7 Å². The van der Waals surface area contributed by atoms with Crippen LogP contribution in [0.5, 0.6) is 5.75 Å². The Labute approximate surface area is 160 Å². The third-order valence-electron chi connectivity index (χ3n) is 4.38. The number of hydrogen-bond donors (Lipinski definition) is 0. The number of para-hydroxylation sites is 2. The Kier molecular flexibility index (Phi) is 4.48. The fourth-order valence-electron chi connectivity index (χ4n) is 3.07. The molecule has 0 spiro atoms. The van der Waals surface area contributed by atoms with Gasteiger partial charge in [-0.15, -0.1) is 0 Å². The lowest BCUT2D eigenvalue weighted by molar-refractivity contribution is 0.413. The molecule has 8 heteroatoms. The van der Waals surface area contributed by atoms with Crippen LogP contribution in [-0.4, -0.2) is 25.3 Å². The number of sulfone groups is 1. The molecule has 2 aromatic heterocycles. The summed E-state index contributed by atoms with van der Waals surface area (Å²) in [7, 11) is -2.08. The zero-order valence-corrected chi connectivity index (χ0v) is 15.7. The number of pyridine rings is 1. The Morgan fingerprint density at radius 3 is 2.64 bits per heavy atom. The first-order chi connectivity index (χ1) is 13.5. The highest BCUT2D eigenvalue weighted by molar-refractivity contribution is 7.90. The molecule has 0 atom stereocenters. The van der Waals surface area contributed by atoms with Crippen molar-refractivity contribution in [1.82, 2.24) is 9.72 Å². The number of rotatable bonds is 5. The molecule has 0 radical (unpaired) electrons. The van der Waals surface area contributed by atoms with Gasteiger partial charge in [0, 0.05) is 17.5 Å². The summed E-state index contributed by atoms with van der Waals surface area (Å²) in [4.78, 5) is 12.7. The molecular weight excluding hydrogens is 380 g/mol. The van der Waals surface area contributed by atoms with E-state index in [1.165, 1.54) is 36.1 Å². The van der Waals surface area contributed by atoms with Gasteiger partial charge in [0.1, 0.15) is 17.8 Å². The molecule has 2 aromatic carbocycles. The van der Waals surface area contributed by atoms with Crippen molar-refractivity contribution in [3.63, 3.8) is 0 Å². The summed E-state index contributed by atoms with van der Waals surface area (Å²) in [6.07, 6.45) is 1.33. The highest BCUT2D eigenvalue weighted by Gasteiger charge is 2.19. The summed E-state index contributed by atoms with van der Waals surface area (Å²) in [5.41, 5.74) is 1.26. The zero-order valence-electron chi connectivity index (χ0n) is 14.9. The van der Waals surface area contributed by atoms with Crippen LogP contribution < -0.4 is 10.3 Å². The van der Waals surface area contributed by atoms with E-state index in [2.05, 4.69) is 5.16 Å². The predicted molar refractivity (Wildman–Crippen MR) is 103 cm³/mol. The van der Waals surface area contributed by atoms with Crippen molar-refractivity contribution in [3.8, 4) is 11.4 Å². The van der Waals surface area contributed by atoms with Crippen molar-refractivity contribution in [2.24, 2.45) is 0 Å². The lowest BCUT2D eigenvalue weighted by Gasteiger charge is -2.14. The first kappa shape index (κ1) is 18.0. The molecule has 142 valence electrons. The second-order valence-electron chi connectivity index (χ2n) is 6.15. The largest absolute Gasteiger partial charge is 0.495 e. The van der Waals surface area contributed by atoms with Gasteiger partial charge >= 0.3 is 0 Å². The number of benzene rings is 2. The Hall–Kier alpha value is -3.39. The zero-order chi connectivity index (χ0) is 19.7. The number of aromatic nitrogens is 2. The van der Waals surface area contributed by atoms with Crippen LogP contribution in [-0.2, 0) is 15.6 Å². The molecule has 0 unspecified atom stereocenters. The summed E-state index contributed by atoms with van der Waals surface area (Å²) >= 11 is 0. The highest BCUT2D eigenvalue weighted by atomic mass is 32.2. The minimum atomic E-state index is -3.61. The van der Waals surface area contributed by atoms with Crippen LogP contribution in [0.1, 0.15) is 5.69 Å². The summed E-state index contributed by atoms with van der Waals surface area (Å²) in [6.45, 7) is 0. The van der Waals surface area contributed by atoms with E-state index in [1.807, 2.05) is 6.07 Å². The maximum atomic E-state index is 12.7. The van der Waals surface area contributed by atoms with Gasteiger partial charge < -0.3 is 9.26 Å². The normalized spacial score (nSPS) is 11.6. The van der Waals surface area contributed by atoms with Gasteiger partial charge in [0.2, 0.25) is 0 Å². The van der Waals surface area contributed by atoms with Crippen molar-refractivity contribution < 1.29 is 17.7 Å². The second kappa shape index (κ2) is 6.97. The van der Waals surface area contributed by atoms with Gasteiger partial charge in [-0.05, 0) is 36.4 Å². The van der Waals surface area contributed by atoms with Crippen LogP contribution in [0.4, 0.5) is 0 Å². The average molecular weight is 396 g/mol. The molecule has 2 heterocycles. The summed E-state index contributed by atoms with van der Waals surface area (Å²) in [5, 5.41) is 4.28. The van der Waals surface area contributed by atoms with Crippen LogP contribution in [0.15, 0.2) is 81.1 Å². The van der Waals surface area contributed by atoms with E-state index < -0.39 is 9.84 Å². The Bertz CT molecular complexity index is 1310. The van der Waals surface area contributed by atoms with Crippen LogP contribution >= 0.6 is 0 Å². The lowest BCUT2D eigenvalue weighted by atomic mass is 10.2. The highest BCUT2D eigenvalue weighted by Crippen LogP contribution is 2.26. The molecule has 0 N–H and O–H groups in total. The van der Waals surface area contributed by atoms with Gasteiger partial charge in [-0.2, -0.15) is 0 Å². The average Bonchev–Trinajstić information content (AvgIpc) is 3.20. The first-order valence-electron chi connectivity index (χ1n) is 8.41. The number of nitrogens with zero attached hydrogens (tertiary/aromatic N) is 2. The van der Waals surface area contributed by atoms with Gasteiger partial charge in [-0.3, -0.25) is 9.36 Å². The molecule has 0 amide bonds. The van der Waals surface area contributed by atoms with Crippen molar-refractivity contribution in [2.75, 3.05) is 7.11 Å². The molecule has 0 saturated carbocycles. The van der Waals surface area contributed by atoms with Crippen LogP contribution in [0, 0.1) is 0 Å². The van der Waals surface area contributed by atoms with Crippen molar-refractivity contribution in [3.05, 3.63) is 83.0 Å².